The molecule has 0 unspecified atom stereocenters. The molecule has 2 aliphatic rings. The minimum Gasteiger partial charge on any atom is -0.487 e. The van der Waals surface area contributed by atoms with Crippen LogP contribution >= 0.6 is 0 Å². The molecular weight excluding hydrogens is 345 g/mol. The first-order valence-corrected chi connectivity index (χ1v) is 9.46. The number of carbonyl (C=O) groups is 1. The number of likely N-dealkylation sites (tertiary alicyclic amines) is 1. The molecule has 2 saturated heterocycles. The first kappa shape index (κ1) is 20.0. The van der Waals surface area contributed by atoms with Crippen LogP contribution in [0.5, 0.6) is 5.75 Å². The van der Waals surface area contributed by atoms with E-state index < -0.39 is 12.7 Å². The molecule has 0 aliphatic carbocycles. The van der Waals surface area contributed by atoms with Crippen molar-refractivity contribution >= 4 is 18.7 Å². The fourth-order valence-electron chi connectivity index (χ4n) is 2.89. The van der Waals surface area contributed by atoms with E-state index in [1.54, 1.807) is 4.90 Å². The summed E-state index contributed by atoms with van der Waals surface area (Å²) in [4.78, 5) is 13.7. The van der Waals surface area contributed by atoms with E-state index >= 15 is 0 Å². The molecule has 3 rings (SSSR count). The Balaban J connectivity index is 1.57. The first-order chi connectivity index (χ1) is 12.4. The molecular formula is C20H30BNO5. The number of hydrogen-bond donors (Lipinski definition) is 0. The monoisotopic (exact) mass is 375 g/mol. The van der Waals surface area contributed by atoms with Crippen LogP contribution in [-0.4, -0.2) is 54.1 Å². The lowest BCUT2D eigenvalue weighted by Crippen LogP contribution is -2.57. The van der Waals surface area contributed by atoms with Gasteiger partial charge in [0, 0.05) is 0 Å². The summed E-state index contributed by atoms with van der Waals surface area (Å²) in [6.07, 6.45) is -0.334. The predicted molar refractivity (Wildman–Crippen MR) is 104 cm³/mol. The summed E-state index contributed by atoms with van der Waals surface area (Å²) in [7, 11) is -0.418. The lowest BCUT2D eigenvalue weighted by molar-refractivity contribution is -0.0221. The highest BCUT2D eigenvalue weighted by atomic mass is 16.7. The average Bonchev–Trinajstić information content (AvgIpc) is 2.69. The normalized spacial score (nSPS) is 21.7. The van der Waals surface area contributed by atoms with Crippen LogP contribution in [0.15, 0.2) is 24.3 Å². The Hall–Kier alpha value is -1.73. The average molecular weight is 375 g/mol. The highest BCUT2D eigenvalue weighted by Crippen LogP contribution is 2.36. The van der Waals surface area contributed by atoms with Gasteiger partial charge in [0.15, 0.2) is 0 Å². The summed E-state index contributed by atoms with van der Waals surface area (Å²) < 4.78 is 23.6. The van der Waals surface area contributed by atoms with Crippen molar-refractivity contribution < 1.29 is 23.6 Å². The molecule has 0 N–H and O–H groups in total. The van der Waals surface area contributed by atoms with Crippen molar-refractivity contribution in [2.45, 2.75) is 71.4 Å². The van der Waals surface area contributed by atoms with Crippen LogP contribution < -0.4 is 10.2 Å². The number of ether oxygens (including phenoxy) is 2. The molecule has 2 heterocycles. The van der Waals surface area contributed by atoms with Gasteiger partial charge >= 0.3 is 13.2 Å². The Morgan fingerprint density at radius 2 is 1.74 bits per heavy atom. The molecule has 1 amide bonds. The van der Waals surface area contributed by atoms with Crippen LogP contribution in [0.2, 0.25) is 0 Å². The van der Waals surface area contributed by atoms with Crippen molar-refractivity contribution in [3.05, 3.63) is 24.3 Å². The molecule has 0 bridgehead atoms. The minimum atomic E-state index is -0.486. The number of nitrogens with zero attached hydrogens (tertiary/aromatic N) is 1. The van der Waals surface area contributed by atoms with E-state index in [1.807, 2.05) is 72.7 Å². The van der Waals surface area contributed by atoms with Gasteiger partial charge in [-0.3, -0.25) is 0 Å². The van der Waals surface area contributed by atoms with Crippen molar-refractivity contribution in [2.75, 3.05) is 13.1 Å². The molecule has 2 aliphatic heterocycles. The lowest BCUT2D eigenvalue weighted by Gasteiger charge is -2.39. The zero-order valence-corrected chi connectivity index (χ0v) is 17.4. The third-order valence-corrected chi connectivity index (χ3v) is 5.19. The van der Waals surface area contributed by atoms with Crippen molar-refractivity contribution in [3.8, 4) is 5.75 Å². The molecule has 0 atom stereocenters. The van der Waals surface area contributed by atoms with Gasteiger partial charge in [-0.15, -0.1) is 0 Å². The summed E-state index contributed by atoms with van der Waals surface area (Å²) in [5.74, 6) is 0.746. The molecule has 2 fully saturated rings. The maximum absolute atomic E-state index is 12.0. The van der Waals surface area contributed by atoms with E-state index in [9.17, 15) is 4.79 Å². The SMILES string of the molecule is CC(C)(C)OC(=O)N1CC(Oc2cccc(B3OC(C)(C)C(C)(C)O3)c2)C1. The Labute approximate surface area is 162 Å². The van der Waals surface area contributed by atoms with E-state index in [0.29, 0.717) is 13.1 Å². The molecule has 27 heavy (non-hydrogen) atoms. The van der Waals surface area contributed by atoms with Crippen LogP contribution in [0.25, 0.3) is 0 Å². The largest absolute Gasteiger partial charge is 0.494 e. The zero-order valence-electron chi connectivity index (χ0n) is 17.4. The van der Waals surface area contributed by atoms with E-state index in [4.69, 9.17) is 18.8 Å². The quantitative estimate of drug-likeness (QED) is 0.761. The topological polar surface area (TPSA) is 57.2 Å². The van der Waals surface area contributed by atoms with Gasteiger partial charge in [0.1, 0.15) is 17.5 Å². The second-order valence-corrected chi connectivity index (χ2v) is 9.29. The van der Waals surface area contributed by atoms with E-state index in [2.05, 4.69) is 0 Å². The Bertz CT molecular complexity index is 691. The lowest BCUT2D eigenvalue weighted by atomic mass is 9.79. The second kappa shape index (κ2) is 6.71. The standard InChI is InChI=1S/C20H30BNO5/c1-18(2,3)25-17(23)22-12-16(13-22)24-15-10-8-9-14(11-15)21-26-19(4,5)20(6,7)27-21/h8-11,16H,12-13H2,1-7H3. The van der Waals surface area contributed by atoms with Gasteiger partial charge in [0.25, 0.3) is 0 Å². The molecule has 148 valence electrons. The fraction of sp³-hybridized carbons (Fsp3) is 0.650. The van der Waals surface area contributed by atoms with Gasteiger partial charge < -0.3 is 23.7 Å². The summed E-state index contributed by atoms with van der Waals surface area (Å²) in [6, 6.07) is 7.76. The van der Waals surface area contributed by atoms with Crippen molar-refractivity contribution in [1.29, 1.82) is 0 Å². The predicted octanol–water partition coefficient (Wildman–Crippen LogP) is 2.98. The molecule has 0 spiro atoms. The van der Waals surface area contributed by atoms with Gasteiger partial charge in [0.2, 0.25) is 0 Å². The Morgan fingerprint density at radius 3 is 2.30 bits per heavy atom. The first-order valence-electron chi connectivity index (χ1n) is 9.46. The van der Waals surface area contributed by atoms with Gasteiger partial charge in [-0.25, -0.2) is 4.79 Å². The Kier molecular flexibility index (Phi) is 4.97. The summed E-state index contributed by atoms with van der Waals surface area (Å²) in [6.45, 7) is 14.8. The van der Waals surface area contributed by atoms with Crippen LogP contribution in [0.4, 0.5) is 4.79 Å². The summed E-state index contributed by atoms with van der Waals surface area (Å²) in [5.41, 5.74) is -0.318. The van der Waals surface area contributed by atoms with Crippen molar-refractivity contribution in [2.24, 2.45) is 0 Å². The molecule has 0 radical (unpaired) electrons. The fourth-order valence-corrected chi connectivity index (χ4v) is 2.89. The van der Waals surface area contributed by atoms with Gasteiger partial charge in [-0.1, -0.05) is 12.1 Å². The summed E-state index contributed by atoms with van der Waals surface area (Å²) >= 11 is 0. The summed E-state index contributed by atoms with van der Waals surface area (Å²) in [5, 5.41) is 0. The minimum absolute atomic E-state index is 0.0361. The van der Waals surface area contributed by atoms with Crippen LogP contribution in [-0.2, 0) is 14.0 Å². The number of carbonyl (C=O) groups excluding carboxylic acids is 1. The third kappa shape index (κ3) is 4.41. The van der Waals surface area contributed by atoms with Gasteiger partial charge in [-0.2, -0.15) is 0 Å². The van der Waals surface area contributed by atoms with E-state index in [-0.39, 0.29) is 23.4 Å². The van der Waals surface area contributed by atoms with Crippen LogP contribution in [0.1, 0.15) is 48.5 Å². The molecule has 0 aromatic heterocycles. The van der Waals surface area contributed by atoms with Gasteiger partial charge in [-0.05, 0) is 66.1 Å². The molecule has 1 aromatic carbocycles. The van der Waals surface area contributed by atoms with Gasteiger partial charge in [0.05, 0.1) is 24.3 Å². The van der Waals surface area contributed by atoms with E-state index in [0.717, 1.165) is 11.2 Å². The number of rotatable bonds is 3. The smallest absolute Gasteiger partial charge is 0.487 e. The van der Waals surface area contributed by atoms with Crippen molar-refractivity contribution in [1.82, 2.24) is 4.90 Å². The van der Waals surface area contributed by atoms with E-state index in [1.165, 1.54) is 0 Å². The molecule has 0 saturated carbocycles. The number of amides is 1. The highest BCUT2D eigenvalue weighted by Gasteiger charge is 2.51. The second-order valence-electron chi connectivity index (χ2n) is 9.29. The number of hydrogen-bond acceptors (Lipinski definition) is 5. The molecule has 7 heteroatoms. The molecule has 1 aromatic rings. The maximum Gasteiger partial charge on any atom is 0.494 e. The Morgan fingerprint density at radius 1 is 1.15 bits per heavy atom. The van der Waals surface area contributed by atoms with Crippen LogP contribution in [0, 0.1) is 0 Å². The third-order valence-electron chi connectivity index (χ3n) is 5.19. The highest BCUT2D eigenvalue weighted by molar-refractivity contribution is 6.62. The molecule has 6 nitrogen and oxygen atoms in total. The number of benzene rings is 1. The maximum atomic E-state index is 12.0. The van der Waals surface area contributed by atoms with Crippen LogP contribution in [0.3, 0.4) is 0 Å². The van der Waals surface area contributed by atoms with Crippen molar-refractivity contribution in [3.63, 3.8) is 0 Å². The zero-order chi connectivity index (χ0) is 20.0.